The molecule has 0 spiro atoms. The summed E-state index contributed by atoms with van der Waals surface area (Å²) in [6.45, 7) is 5.46. The predicted molar refractivity (Wildman–Crippen MR) is 131 cm³/mol. The van der Waals surface area contributed by atoms with Gasteiger partial charge in [-0.15, -0.1) is 0 Å². The molecule has 0 aromatic heterocycles. The monoisotopic (exact) mass is 533 g/mol. The number of hydrazone groups is 1. The molecule has 1 atom stereocenters. The Morgan fingerprint density at radius 2 is 1.82 bits per heavy atom. The Balaban J connectivity index is 1.95. The SMILES string of the molecule is CCOC(=O)COc1ccc(C=NNC(=O)C(NC(=O)c2ccc(OC)cc2)C(C)C)cc1Br. The predicted octanol–water partition coefficient (Wildman–Crippen LogP) is 3.30. The number of amides is 2. The summed E-state index contributed by atoms with van der Waals surface area (Å²) < 4.78 is 15.9. The summed E-state index contributed by atoms with van der Waals surface area (Å²) in [5.74, 6) is -0.335. The number of halogens is 1. The molecule has 2 rings (SSSR count). The minimum absolute atomic E-state index is 0.164. The average molecular weight is 534 g/mol. The van der Waals surface area contributed by atoms with Gasteiger partial charge < -0.3 is 19.5 Å². The van der Waals surface area contributed by atoms with Crippen LogP contribution in [0.4, 0.5) is 0 Å². The fourth-order valence-corrected chi connectivity index (χ4v) is 3.31. The van der Waals surface area contributed by atoms with Gasteiger partial charge in [0.15, 0.2) is 6.61 Å². The molecule has 0 aliphatic rings. The van der Waals surface area contributed by atoms with E-state index in [1.165, 1.54) is 6.21 Å². The number of nitrogens with zero attached hydrogens (tertiary/aromatic N) is 1. The summed E-state index contributed by atoms with van der Waals surface area (Å²) in [6.07, 6.45) is 1.46. The molecule has 2 aromatic carbocycles. The van der Waals surface area contributed by atoms with E-state index in [9.17, 15) is 14.4 Å². The molecule has 34 heavy (non-hydrogen) atoms. The molecule has 0 bridgehead atoms. The maximum absolute atomic E-state index is 12.6. The zero-order chi connectivity index (χ0) is 25.1. The maximum Gasteiger partial charge on any atom is 0.344 e. The second-order valence-corrected chi connectivity index (χ2v) is 8.30. The first-order valence-corrected chi connectivity index (χ1v) is 11.4. The fourth-order valence-electron chi connectivity index (χ4n) is 2.80. The summed E-state index contributed by atoms with van der Waals surface area (Å²) >= 11 is 3.38. The van der Waals surface area contributed by atoms with E-state index in [0.717, 1.165) is 0 Å². The molecular weight excluding hydrogens is 506 g/mol. The summed E-state index contributed by atoms with van der Waals surface area (Å²) in [6, 6.07) is 10.9. The molecule has 0 aliphatic heterocycles. The lowest BCUT2D eigenvalue weighted by Gasteiger charge is -2.20. The van der Waals surface area contributed by atoms with Crippen LogP contribution in [0.25, 0.3) is 0 Å². The number of hydrogen-bond donors (Lipinski definition) is 2. The van der Waals surface area contributed by atoms with E-state index in [1.807, 2.05) is 13.8 Å². The standard InChI is InChI=1S/C24H28BrN3O6/c1-5-33-21(29)14-34-20-11-6-16(12-19(20)25)13-26-28-24(31)22(15(2)3)27-23(30)17-7-9-18(32-4)10-8-17/h6-13,15,22H,5,14H2,1-4H3,(H,27,30)(H,28,31). The van der Waals surface area contributed by atoms with Crippen molar-refractivity contribution in [2.45, 2.75) is 26.8 Å². The maximum atomic E-state index is 12.6. The van der Waals surface area contributed by atoms with Gasteiger partial charge in [-0.25, -0.2) is 10.2 Å². The largest absolute Gasteiger partial charge is 0.497 e. The average Bonchev–Trinajstić information content (AvgIpc) is 2.81. The van der Waals surface area contributed by atoms with E-state index in [0.29, 0.717) is 27.1 Å². The van der Waals surface area contributed by atoms with Crippen molar-refractivity contribution < 1.29 is 28.6 Å². The second kappa shape index (κ2) is 13.3. The van der Waals surface area contributed by atoms with Crippen LogP contribution in [-0.4, -0.2) is 50.4 Å². The number of rotatable bonds is 11. The molecule has 0 saturated carbocycles. The van der Waals surface area contributed by atoms with Crippen LogP contribution in [0.15, 0.2) is 52.0 Å². The molecule has 0 heterocycles. The van der Waals surface area contributed by atoms with Crippen LogP contribution in [0.3, 0.4) is 0 Å². The van der Waals surface area contributed by atoms with Crippen LogP contribution < -0.4 is 20.2 Å². The van der Waals surface area contributed by atoms with Gasteiger partial charge in [-0.1, -0.05) is 13.8 Å². The minimum Gasteiger partial charge on any atom is -0.497 e. The summed E-state index contributed by atoms with van der Waals surface area (Å²) in [5, 5.41) is 6.73. The lowest BCUT2D eigenvalue weighted by Crippen LogP contribution is -2.48. The zero-order valence-electron chi connectivity index (χ0n) is 19.5. The van der Waals surface area contributed by atoms with Crippen molar-refractivity contribution >= 4 is 39.9 Å². The van der Waals surface area contributed by atoms with E-state index in [-0.39, 0.29) is 25.0 Å². The van der Waals surface area contributed by atoms with Gasteiger partial charge in [0.2, 0.25) is 0 Å². The first-order valence-electron chi connectivity index (χ1n) is 10.6. The summed E-state index contributed by atoms with van der Waals surface area (Å²) in [4.78, 5) is 36.6. The number of esters is 1. The molecule has 2 aromatic rings. The Bertz CT molecular complexity index is 1020. The molecule has 10 heteroatoms. The number of carbonyl (C=O) groups excluding carboxylic acids is 3. The van der Waals surface area contributed by atoms with Gasteiger partial charge in [0.05, 0.1) is 24.4 Å². The van der Waals surface area contributed by atoms with E-state index in [1.54, 1.807) is 56.5 Å². The molecule has 0 aliphatic carbocycles. The minimum atomic E-state index is -0.780. The Morgan fingerprint density at radius 1 is 1.12 bits per heavy atom. The molecule has 2 amide bonds. The number of nitrogens with one attached hydrogen (secondary N) is 2. The topological polar surface area (TPSA) is 115 Å². The lowest BCUT2D eigenvalue weighted by molar-refractivity contribution is -0.145. The molecule has 9 nitrogen and oxygen atoms in total. The Morgan fingerprint density at radius 3 is 2.41 bits per heavy atom. The second-order valence-electron chi connectivity index (χ2n) is 7.44. The third-order valence-corrected chi connectivity index (χ3v) is 5.20. The molecule has 182 valence electrons. The first kappa shape index (κ1) is 26.8. The third kappa shape index (κ3) is 8.18. The number of methoxy groups -OCH3 is 1. The van der Waals surface area contributed by atoms with Crippen LogP contribution in [0, 0.1) is 5.92 Å². The summed E-state index contributed by atoms with van der Waals surface area (Å²) in [7, 11) is 1.54. The van der Waals surface area contributed by atoms with Crippen molar-refractivity contribution in [3.63, 3.8) is 0 Å². The van der Waals surface area contributed by atoms with E-state index in [4.69, 9.17) is 14.2 Å². The van der Waals surface area contributed by atoms with E-state index >= 15 is 0 Å². The van der Waals surface area contributed by atoms with Crippen LogP contribution >= 0.6 is 15.9 Å². The number of hydrogen-bond acceptors (Lipinski definition) is 7. The van der Waals surface area contributed by atoms with Crippen LogP contribution in [0.5, 0.6) is 11.5 Å². The number of ether oxygens (including phenoxy) is 3. The van der Waals surface area contributed by atoms with Crippen LogP contribution in [-0.2, 0) is 14.3 Å². The highest BCUT2D eigenvalue weighted by Crippen LogP contribution is 2.25. The van der Waals surface area contributed by atoms with Crippen LogP contribution in [0.2, 0.25) is 0 Å². The van der Waals surface area contributed by atoms with Crippen molar-refractivity contribution in [2.24, 2.45) is 11.0 Å². The van der Waals surface area contributed by atoms with Crippen molar-refractivity contribution in [2.75, 3.05) is 20.3 Å². The quantitative estimate of drug-likeness (QED) is 0.260. The van der Waals surface area contributed by atoms with Crippen molar-refractivity contribution in [1.82, 2.24) is 10.7 Å². The van der Waals surface area contributed by atoms with Crippen LogP contribution in [0.1, 0.15) is 36.7 Å². The van der Waals surface area contributed by atoms with Gasteiger partial charge in [-0.05, 0) is 76.8 Å². The lowest BCUT2D eigenvalue weighted by atomic mass is 10.0. The third-order valence-electron chi connectivity index (χ3n) is 4.58. The molecule has 0 saturated heterocycles. The Hall–Kier alpha value is -3.40. The fraction of sp³-hybridized carbons (Fsp3) is 0.333. The Labute approximate surface area is 207 Å². The van der Waals surface area contributed by atoms with Crippen molar-refractivity contribution in [1.29, 1.82) is 0 Å². The van der Waals surface area contributed by atoms with Gasteiger partial charge in [0, 0.05) is 5.56 Å². The van der Waals surface area contributed by atoms with Gasteiger partial charge in [-0.3, -0.25) is 9.59 Å². The smallest absolute Gasteiger partial charge is 0.344 e. The molecular formula is C24H28BrN3O6. The number of carbonyl (C=O) groups is 3. The van der Waals surface area contributed by atoms with E-state index < -0.39 is 17.9 Å². The highest BCUT2D eigenvalue weighted by molar-refractivity contribution is 9.10. The Kier molecular flexibility index (Phi) is 10.5. The van der Waals surface area contributed by atoms with Crippen molar-refractivity contribution in [3.05, 3.63) is 58.1 Å². The molecule has 2 N–H and O–H groups in total. The van der Waals surface area contributed by atoms with E-state index in [2.05, 4.69) is 31.8 Å². The molecule has 0 fully saturated rings. The van der Waals surface area contributed by atoms with Gasteiger partial charge in [0.25, 0.3) is 11.8 Å². The number of benzene rings is 2. The van der Waals surface area contributed by atoms with Gasteiger partial charge in [0.1, 0.15) is 17.5 Å². The summed E-state index contributed by atoms with van der Waals surface area (Å²) in [5.41, 5.74) is 3.56. The van der Waals surface area contributed by atoms with Gasteiger partial charge in [-0.2, -0.15) is 5.10 Å². The van der Waals surface area contributed by atoms with Crippen molar-refractivity contribution in [3.8, 4) is 11.5 Å². The normalized spacial score (nSPS) is 11.7. The van der Waals surface area contributed by atoms with Gasteiger partial charge >= 0.3 is 5.97 Å². The highest BCUT2D eigenvalue weighted by Gasteiger charge is 2.24. The first-order chi connectivity index (χ1) is 16.2. The molecule has 1 unspecified atom stereocenters. The molecule has 0 radical (unpaired) electrons. The highest BCUT2D eigenvalue weighted by atomic mass is 79.9. The zero-order valence-corrected chi connectivity index (χ0v) is 21.0.